The number of carbonyl (C=O) groups is 2. The predicted octanol–water partition coefficient (Wildman–Crippen LogP) is 1.28. The van der Waals surface area contributed by atoms with Crippen molar-refractivity contribution in [3.05, 3.63) is 28.8 Å². The number of benzene rings is 1. The highest BCUT2D eigenvalue weighted by molar-refractivity contribution is 6.33. The molecular weight excluding hydrogens is 218 g/mol. The van der Waals surface area contributed by atoms with Crippen LogP contribution in [0.4, 0.5) is 0 Å². The molecule has 0 bridgehead atoms. The topological polar surface area (TPSA) is 55.4 Å². The Labute approximate surface area is 92.2 Å². The zero-order valence-corrected chi connectivity index (χ0v) is 8.88. The summed E-state index contributed by atoms with van der Waals surface area (Å²) in [5.41, 5.74) is 0.393. The molecule has 0 atom stereocenters. The van der Waals surface area contributed by atoms with E-state index in [4.69, 9.17) is 16.3 Å². The van der Waals surface area contributed by atoms with Crippen LogP contribution in [0.2, 0.25) is 5.02 Å². The first-order chi connectivity index (χ1) is 7.17. The molecule has 0 saturated carbocycles. The van der Waals surface area contributed by atoms with Crippen LogP contribution in [0.15, 0.2) is 18.2 Å². The molecule has 4 nitrogen and oxygen atoms in total. The van der Waals surface area contributed by atoms with Gasteiger partial charge in [-0.05, 0) is 18.2 Å². The Morgan fingerprint density at radius 2 is 2.33 bits per heavy atom. The summed E-state index contributed by atoms with van der Waals surface area (Å²) < 4.78 is 5.13. The van der Waals surface area contributed by atoms with Gasteiger partial charge < -0.3 is 10.1 Å². The first kappa shape index (κ1) is 11.5. The normalized spacial score (nSPS) is 9.47. The molecule has 0 aromatic heterocycles. The van der Waals surface area contributed by atoms with Gasteiger partial charge in [-0.1, -0.05) is 11.6 Å². The molecule has 0 aliphatic heterocycles. The van der Waals surface area contributed by atoms with Crippen molar-refractivity contribution >= 4 is 23.8 Å². The second-order valence-corrected chi connectivity index (χ2v) is 3.17. The number of nitrogens with one attached hydrogen (secondary N) is 1. The smallest absolute Gasteiger partial charge is 0.257 e. The summed E-state index contributed by atoms with van der Waals surface area (Å²) in [6, 6.07) is 4.61. The lowest BCUT2D eigenvalue weighted by molar-refractivity contribution is -0.122. The minimum absolute atomic E-state index is 0.0761. The molecule has 5 heteroatoms. The average molecular weight is 228 g/mol. The van der Waals surface area contributed by atoms with Crippen LogP contribution in [-0.2, 0) is 4.79 Å². The van der Waals surface area contributed by atoms with E-state index in [0.29, 0.717) is 22.6 Å². The van der Waals surface area contributed by atoms with Gasteiger partial charge in [-0.3, -0.25) is 9.59 Å². The molecule has 1 N–H and O–H groups in total. The average Bonchev–Trinajstić information content (AvgIpc) is 2.26. The lowest BCUT2D eigenvalue weighted by atomic mass is 10.2. The highest BCUT2D eigenvalue weighted by Gasteiger charge is 2.03. The van der Waals surface area contributed by atoms with E-state index in [1.807, 2.05) is 0 Å². The van der Waals surface area contributed by atoms with E-state index in [2.05, 4.69) is 5.32 Å². The number of aldehydes is 1. The van der Waals surface area contributed by atoms with Crippen molar-refractivity contribution in [2.45, 2.75) is 0 Å². The van der Waals surface area contributed by atoms with Crippen molar-refractivity contribution in [3.8, 4) is 5.75 Å². The number of ether oxygens (including phenoxy) is 1. The van der Waals surface area contributed by atoms with Gasteiger partial charge in [0.15, 0.2) is 12.9 Å². The van der Waals surface area contributed by atoms with Crippen molar-refractivity contribution in [2.75, 3.05) is 13.7 Å². The van der Waals surface area contributed by atoms with Crippen LogP contribution in [0, 0.1) is 0 Å². The summed E-state index contributed by atoms with van der Waals surface area (Å²) >= 11 is 5.77. The number of amides is 1. The Kier molecular flexibility index (Phi) is 4.12. The third-order valence-electron chi connectivity index (χ3n) is 1.75. The number of carbonyl (C=O) groups excluding carboxylic acids is 2. The van der Waals surface area contributed by atoms with Crippen molar-refractivity contribution < 1.29 is 14.3 Å². The van der Waals surface area contributed by atoms with E-state index in [1.54, 1.807) is 6.07 Å². The molecule has 1 aromatic rings. The highest BCUT2D eigenvalue weighted by Crippen LogP contribution is 2.21. The Bertz CT molecular complexity index is 379. The summed E-state index contributed by atoms with van der Waals surface area (Å²) in [4.78, 5) is 21.3. The van der Waals surface area contributed by atoms with Crippen LogP contribution in [0.3, 0.4) is 0 Å². The summed E-state index contributed by atoms with van der Waals surface area (Å²) in [6.07, 6.45) is 0.658. The first-order valence-corrected chi connectivity index (χ1v) is 4.63. The fourth-order valence-electron chi connectivity index (χ4n) is 0.914. The van der Waals surface area contributed by atoms with Gasteiger partial charge in [0, 0.05) is 12.6 Å². The zero-order valence-electron chi connectivity index (χ0n) is 8.12. The maximum atomic E-state index is 10.9. The van der Waals surface area contributed by atoms with Gasteiger partial charge in [0.1, 0.15) is 5.75 Å². The molecule has 0 spiro atoms. The third kappa shape index (κ3) is 3.25. The molecule has 0 heterocycles. The standard InChI is InChI=1S/C10H10ClNO3/c1-12-10(14)6-15-8-3-2-7(5-13)9(11)4-8/h2-5H,6H2,1H3,(H,12,14). The molecule has 0 aliphatic carbocycles. The molecule has 1 aromatic carbocycles. The number of hydrogen-bond acceptors (Lipinski definition) is 3. The molecule has 1 rings (SSSR count). The van der Waals surface area contributed by atoms with Crippen LogP contribution in [0.25, 0.3) is 0 Å². The number of likely N-dealkylation sites (N-methyl/N-ethyl adjacent to an activating group) is 1. The summed E-state index contributed by atoms with van der Waals surface area (Å²) in [5.74, 6) is 0.222. The zero-order chi connectivity index (χ0) is 11.3. The quantitative estimate of drug-likeness (QED) is 0.789. The van der Waals surface area contributed by atoms with Crippen LogP contribution < -0.4 is 10.1 Å². The lowest BCUT2D eigenvalue weighted by Gasteiger charge is -2.05. The van der Waals surface area contributed by atoms with Crippen LogP contribution in [0.5, 0.6) is 5.75 Å². The molecule has 80 valence electrons. The first-order valence-electron chi connectivity index (χ1n) is 4.25. The van der Waals surface area contributed by atoms with E-state index in [0.717, 1.165) is 0 Å². The third-order valence-corrected chi connectivity index (χ3v) is 2.07. The molecule has 1 amide bonds. The minimum Gasteiger partial charge on any atom is -0.484 e. The lowest BCUT2D eigenvalue weighted by Crippen LogP contribution is -2.24. The minimum atomic E-state index is -0.231. The fraction of sp³-hybridized carbons (Fsp3) is 0.200. The van der Waals surface area contributed by atoms with E-state index in [1.165, 1.54) is 19.2 Å². The Morgan fingerprint density at radius 1 is 1.60 bits per heavy atom. The van der Waals surface area contributed by atoms with Gasteiger partial charge in [-0.25, -0.2) is 0 Å². The summed E-state index contributed by atoms with van der Waals surface area (Å²) in [7, 11) is 1.52. The number of halogens is 1. The molecule has 0 unspecified atom stereocenters. The molecule has 0 radical (unpaired) electrons. The Morgan fingerprint density at radius 3 is 2.87 bits per heavy atom. The SMILES string of the molecule is CNC(=O)COc1ccc(C=O)c(Cl)c1. The van der Waals surface area contributed by atoms with Gasteiger partial charge in [0.25, 0.3) is 5.91 Å². The maximum absolute atomic E-state index is 10.9. The molecule has 0 fully saturated rings. The van der Waals surface area contributed by atoms with Crippen molar-refractivity contribution in [1.29, 1.82) is 0 Å². The van der Waals surface area contributed by atoms with Gasteiger partial charge >= 0.3 is 0 Å². The van der Waals surface area contributed by atoms with E-state index >= 15 is 0 Å². The largest absolute Gasteiger partial charge is 0.484 e. The predicted molar refractivity (Wildman–Crippen MR) is 56.4 cm³/mol. The Hall–Kier alpha value is -1.55. The van der Waals surface area contributed by atoms with Crippen LogP contribution in [0.1, 0.15) is 10.4 Å². The van der Waals surface area contributed by atoms with Gasteiger partial charge in [0.05, 0.1) is 5.02 Å². The van der Waals surface area contributed by atoms with E-state index in [-0.39, 0.29) is 12.5 Å². The van der Waals surface area contributed by atoms with E-state index < -0.39 is 0 Å². The second kappa shape index (κ2) is 5.36. The summed E-state index contributed by atoms with van der Waals surface area (Å²) in [5, 5.41) is 2.72. The van der Waals surface area contributed by atoms with Crippen LogP contribution in [-0.4, -0.2) is 25.8 Å². The van der Waals surface area contributed by atoms with Gasteiger partial charge in [-0.15, -0.1) is 0 Å². The molecule has 0 aliphatic rings. The Balaban J connectivity index is 2.67. The molecular formula is C10H10ClNO3. The van der Waals surface area contributed by atoms with E-state index in [9.17, 15) is 9.59 Å². The van der Waals surface area contributed by atoms with Crippen molar-refractivity contribution in [3.63, 3.8) is 0 Å². The number of hydrogen-bond donors (Lipinski definition) is 1. The monoisotopic (exact) mass is 227 g/mol. The van der Waals surface area contributed by atoms with Crippen molar-refractivity contribution in [2.24, 2.45) is 0 Å². The fourth-order valence-corrected chi connectivity index (χ4v) is 1.13. The second-order valence-electron chi connectivity index (χ2n) is 2.76. The van der Waals surface area contributed by atoms with Crippen LogP contribution >= 0.6 is 11.6 Å². The summed E-state index contributed by atoms with van der Waals surface area (Å²) in [6.45, 7) is -0.0761. The molecule has 15 heavy (non-hydrogen) atoms. The van der Waals surface area contributed by atoms with Crippen molar-refractivity contribution in [1.82, 2.24) is 5.32 Å². The van der Waals surface area contributed by atoms with Gasteiger partial charge in [0.2, 0.25) is 0 Å². The number of rotatable bonds is 4. The van der Waals surface area contributed by atoms with Gasteiger partial charge in [-0.2, -0.15) is 0 Å². The molecule has 0 saturated heterocycles. The highest BCUT2D eigenvalue weighted by atomic mass is 35.5. The maximum Gasteiger partial charge on any atom is 0.257 e.